The summed E-state index contributed by atoms with van der Waals surface area (Å²) in [6.07, 6.45) is 2.54. The molecule has 0 radical (unpaired) electrons. The van der Waals surface area contributed by atoms with E-state index in [2.05, 4.69) is 34.6 Å². The number of nitrogens with one attached hydrogen (secondary N) is 2. The lowest BCUT2D eigenvalue weighted by molar-refractivity contribution is -0.125. The lowest BCUT2D eigenvalue weighted by atomic mass is 9.98. The number of rotatable bonds is 7. The van der Waals surface area contributed by atoms with Crippen molar-refractivity contribution in [3.63, 3.8) is 0 Å². The van der Waals surface area contributed by atoms with Crippen LogP contribution in [0.2, 0.25) is 0 Å². The second kappa shape index (κ2) is 12.9. The highest BCUT2D eigenvalue weighted by Crippen LogP contribution is 2.18. The van der Waals surface area contributed by atoms with Gasteiger partial charge in [-0.3, -0.25) is 14.5 Å². The maximum Gasteiger partial charge on any atom is 0.239 e. The summed E-state index contributed by atoms with van der Waals surface area (Å²) in [5, 5.41) is 5.26. The number of likely N-dealkylation sites (tertiary alicyclic amines) is 1. The average Bonchev–Trinajstić information content (AvgIpc) is 2.60. The van der Waals surface area contributed by atoms with Gasteiger partial charge < -0.3 is 16.4 Å². The molecule has 8 heteroatoms. The smallest absolute Gasteiger partial charge is 0.239 e. The van der Waals surface area contributed by atoms with Gasteiger partial charge in [-0.1, -0.05) is 31.2 Å². The fourth-order valence-corrected chi connectivity index (χ4v) is 2.83. The molecule has 1 heterocycles. The van der Waals surface area contributed by atoms with Crippen LogP contribution >= 0.6 is 24.8 Å². The second-order valence-electron chi connectivity index (χ2n) is 6.54. The maximum atomic E-state index is 11.7. The van der Waals surface area contributed by atoms with Gasteiger partial charge in [-0.05, 0) is 43.0 Å². The van der Waals surface area contributed by atoms with Crippen molar-refractivity contribution in [2.45, 2.75) is 32.9 Å². The molecule has 2 rings (SSSR count). The Morgan fingerprint density at radius 1 is 1.12 bits per heavy atom. The largest absolute Gasteiger partial charge is 0.350 e. The van der Waals surface area contributed by atoms with Crippen molar-refractivity contribution in [2.24, 2.45) is 11.7 Å². The van der Waals surface area contributed by atoms with Crippen molar-refractivity contribution in [1.29, 1.82) is 0 Å². The van der Waals surface area contributed by atoms with E-state index >= 15 is 0 Å². The van der Waals surface area contributed by atoms with Gasteiger partial charge >= 0.3 is 0 Å². The molecular formula is C18H30Cl2N4O2. The van der Waals surface area contributed by atoms with E-state index in [4.69, 9.17) is 5.73 Å². The number of halogens is 2. The van der Waals surface area contributed by atoms with Crippen LogP contribution in [0.4, 0.5) is 0 Å². The summed E-state index contributed by atoms with van der Waals surface area (Å²) in [5.74, 6) is 0.290. The second-order valence-corrected chi connectivity index (χ2v) is 6.54. The monoisotopic (exact) mass is 404 g/mol. The molecule has 1 aliphatic rings. The molecule has 0 aliphatic carbocycles. The van der Waals surface area contributed by atoms with E-state index in [1.165, 1.54) is 18.4 Å². The maximum absolute atomic E-state index is 11.7. The number of amides is 2. The third-order valence-electron chi connectivity index (χ3n) is 4.40. The summed E-state index contributed by atoms with van der Waals surface area (Å²) in [6.45, 7) is 5.90. The van der Waals surface area contributed by atoms with Crippen molar-refractivity contribution in [3.05, 3.63) is 35.4 Å². The Balaban J connectivity index is 0.00000312. The van der Waals surface area contributed by atoms with Crippen LogP contribution in [0.1, 0.15) is 30.9 Å². The van der Waals surface area contributed by atoms with Crippen LogP contribution in [0.15, 0.2) is 24.3 Å². The fraction of sp³-hybridized carbons (Fsp3) is 0.556. The van der Waals surface area contributed by atoms with E-state index in [9.17, 15) is 9.59 Å². The Kier molecular flexibility index (Phi) is 12.3. The molecule has 4 N–H and O–H groups in total. The molecule has 1 saturated heterocycles. The number of piperidine rings is 1. The number of carbonyl (C=O) groups excluding carboxylic acids is 2. The third-order valence-corrected chi connectivity index (χ3v) is 4.40. The molecule has 0 atom stereocenters. The van der Waals surface area contributed by atoms with Gasteiger partial charge in [0, 0.05) is 13.1 Å². The highest BCUT2D eigenvalue weighted by Gasteiger charge is 2.15. The van der Waals surface area contributed by atoms with Crippen LogP contribution in [0.5, 0.6) is 0 Å². The molecule has 1 aromatic carbocycles. The first kappa shape index (κ1) is 24.7. The summed E-state index contributed by atoms with van der Waals surface area (Å²) < 4.78 is 0. The molecule has 148 valence electrons. The first-order valence-corrected chi connectivity index (χ1v) is 8.60. The molecule has 0 unspecified atom stereocenters. The van der Waals surface area contributed by atoms with Crippen LogP contribution in [0.25, 0.3) is 0 Å². The third kappa shape index (κ3) is 8.85. The van der Waals surface area contributed by atoms with Gasteiger partial charge in [0.1, 0.15) is 0 Å². The predicted molar refractivity (Wildman–Crippen MR) is 109 cm³/mol. The van der Waals surface area contributed by atoms with Gasteiger partial charge in [-0.15, -0.1) is 24.8 Å². The highest BCUT2D eigenvalue weighted by atomic mass is 35.5. The molecular weight excluding hydrogens is 375 g/mol. The lowest BCUT2D eigenvalue weighted by Crippen LogP contribution is -2.39. The molecule has 1 fully saturated rings. The number of nitrogens with zero attached hydrogens (tertiary/aromatic N) is 1. The predicted octanol–water partition coefficient (Wildman–Crippen LogP) is 1.45. The molecule has 26 heavy (non-hydrogen) atoms. The molecule has 6 nitrogen and oxygen atoms in total. The number of nitrogens with two attached hydrogens (primary N) is 1. The van der Waals surface area contributed by atoms with Crippen molar-refractivity contribution in [3.8, 4) is 0 Å². The number of benzene rings is 1. The zero-order chi connectivity index (χ0) is 17.4. The standard InChI is InChI=1S/C18H28N4O2.2ClH/c1-14-5-7-22(8-6-14)13-16-4-2-3-15(9-16)11-20-18(24)12-21-17(23)10-19;;/h2-4,9,14H,5-8,10-13,19H2,1H3,(H,20,24)(H,21,23);2*1H. The van der Waals surface area contributed by atoms with Gasteiger partial charge in [0.15, 0.2) is 0 Å². The number of hydrogen-bond donors (Lipinski definition) is 3. The molecule has 0 aromatic heterocycles. The summed E-state index contributed by atoms with van der Waals surface area (Å²) >= 11 is 0. The van der Waals surface area contributed by atoms with E-state index in [1.807, 2.05) is 12.1 Å². The molecule has 2 amide bonds. The van der Waals surface area contributed by atoms with E-state index < -0.39 is 0 Å². The average molecular weight is 405 g/mol. The minimum Gasteiger partial charge on any atom is -0.350 e. The molecule has 0 saturated carbocycles. The first-order chi connectivity index (χ1) is 11.6. The molecule has 1 aliphatic heterocycles. The SMILES string of the molecule is CC1CCN(Cc2cccc(CNC(=O)CNC(=O)CN)c2)CC1.Cl.Cl. The Labute approximate surface area is 168 Å². The Bertz CT molecular complexity index is 564. The van der Waals surface area contributed by atoms with E-state index in [1.54, 1.807) is 0 Å². The number of hydrogen-bond acceptors (Lipinski definition) is 4. The molecule has 1 aromatic rings. The van der Waals surface area contributed by atoms with Gasteiger partial charge in [-0.2, -0.15) is 0 Å². The number of carbonyl (C=O) groups is 2. The van der Waals surface area contributed by atoms with E-state index in [-0.39, 0.29) is 49.7 Å². The topological polar surface area (TPSA) is 87.5 Å². The fourth-order valence-electron chi connectivity index (χ4n) is 2.83. The van der Waals surface area contributed by atoms with Crippen molar-refractivity contribution in [1.82, 2.24) is 15.5 Å². The Morgan fingerprint density at radius 2 is 1.77 bits per heavy atom. The molecule has 0 bridgehead atoms. The van der Waals surface area contributed by atoms with Crippen molar-refractivity contribution < 1.29 is 9.59 Å². The van der Waals surface area contributed by atoms with Crippen LogP contribution < -0.4 is 16.4 Å². The summed E-state index contributed by atoms with van der Waals surface area (Å²) in [7, 11) is 0. The van der Waals surface area contributed by atoms with Gasteiger partial charge in [-0.25, -0.2) is 0 Å². The normalized spacial score (nSPS) is 14.7. The highest BCUT2D eigenvalue weighted by molar-refractivity contribution is 5.86. The van der Waals surface area contributed by atoms with Gasteiger partial charge in [0.2, 0.25) is 11.8 Å². The minimum atomic E-state index is -0.331. The summed E-state index contributed by atoms with van der Waals surface area (Å²) in [5.41, 5.74) is 7.51. The molecule has 0 spiro atoms. The van der Waals surface area contributed by atoms with Crippen LogP contribution in [-0.2, 0) is 22.7 Å². The van der Waals surface area contributed by atoms with Crippen molar-refractivity contribution >= 4 is 36.6 Å². The summed E-state index contributed by atoms with van der Waals surface area (Å²) in [6, 6.07) is 8.29. The Morgan fingerprint density at radius 3 is 2.42 bits per heavy atom. The zero-order valence-corrected chi connectivity index (χ0v) is 16.8. The van der Waals surface area contributed by atoms with Crippen LogP contribution in [0.3, 0.4) is 0 Å². The van der Waals surface area contributed by atoms with E-state index in [0.29, 0.717) is 6.54 Å². The quantitative estimate of drug-likeness (QED) is 0.641. The van der Waals surface area contributed by atoms with Crippen LogP contribution in [0, 0.1) is 5.92 Å². The van der Waals surface area contributed by atoms with Gasteiger partial charge in [0.05, 0.1) is 13.1 Å². The van der Waals surface area contributed by atoms with E-state index in [0.717, 1.165) is 31.1 Å². The van der Waals surface area contributed by atoms with Crippen molar-refractivity contribution in [2.75, 3.05) is 26.2 Å². The van der Waals surface area contributed by atoms with Crippen LogP contribution in [-0.4, -0.2) is 42.9 Å². The van der Waals surface area contributed by atoms with Gasteiger partial charge in [0.25, 0.3) is 0 Å². The first-order valence-electron chi connectivity index (χ1n) is 8.60. The zero-order valence-electron chi connectivity index (χ0n) is 15.2. The Hall–Kier alpha value is -1.34. The summed E-state index contributed by atoms with van der Waals surface area (Å²) in [4.78, 5) is 25.2. The lowest BCUT2D eigenvalue weighted by Gasteiger charge is -2.30. The minimum absolute atomic E-state index is 0.